The normalized spacial score (nSPS) is 10.0. The van der Waals surface area contributed by atoms with Gasteiger partial charge in [-0.15, -0.1) is 0 Å². The van der Waals surface area contributed by atoms with Gasteiger partial charge >= 0.3 is 0 Å². The number of para-hydroxylation sites is 1. The fourth-order valence-electron chi connectivity index (χ4n) is 1.25. The van der Waals surface area contributed by atoms with Crippen molar-refractivity contribution in [3.63, 3.8) is 0 Å². The van der Waals surface area contributed by atoms with Gasteiger partial charge in [-0.3, -0.25) is 0 Å². The van der Waals surface area contributed by atoms with E-state index in [9.17, 15) is 0 Å². The fourth-order valence-corrected chi connectivity index (χ4v) is 1.25. The lowest BCUT2D eigenvalue weighted by molar-refractivity contribution is 1.41. The molecule has 1 aromatic carbocycles. The molecule has 0 bridgehead atoms. The summed E-state index contributed by atoms with van der Waals surface area (Å²) in [6.07, 6.45) is 3.83. The predicted octanol–water partition coefficient (Wildman–Crippen LogP) is 2.26. The van der Waals surface area contributed by atoms with E-state index in [-0.39, 0.29) is 0 Å². The van der Waals surface area contributed by atoms with Crippen LogP contribution in [0.1, 0.15) is 0 Å². The molecule has 0 aliphatic carbocycles. The van der Waals surface area contributed by atoms with Crippen molar-refractivity contribution >= 4 is 5.69 Å². The SMILES string of the molecule is Nc1ccccc1-c1cc[nH]c1. The molecule has 0 atom stereocenters. The first-order valence-corrected chi connectivity index (χ1v) is 3.85. The van der Waals surface area contributed by atoms with Crippen LogP contribution in [0, 0.1) is 0 Å². The predicted molar refractivity (Wildman–Crippen MR) is 50.6 cm³/mol. The summed E-state index contributed by atoms with van der Waals surface area (Å²) in [6.45, 7) is 0. The van der Waals surface area contributed by atoms with Crippen LogP contribution in [0.2, 0.25) is 0 Å². The average Bonchev–Trinajstić information content (AvgIpc) is 2.57. The summed E-state index contributed by atoms with van der Waals surface area (Å²) >= 11 is 0. The van der Waals surface area contributed by atoms with Crippen molar-refractivity contribution in [2.75, 3.05) is 5.73 Å². The number of nitrogens with one attached hydrogen (secondary N) is 1. The topological polar surface area (TPSA) is 41.8 Å². The summed E-state index contributed by atoms with van der Waals surface area (Å²) in [4.78, 5) is 3.00. The molecule has 2 heteroatoms. The molecule has 0 saturated carbocycles. The smallest absolute Gasteiger partial charge is 0.0394 e. The van der Waals surface area contributed by atoms with Gasteiger partial charge in [0.1, 0.15) is 0 Å². The number of aromatic nitrogens is 1. The maximum absolute atomic E-state index is 5.80. The lowest BCUT2D eigenvalue weighted by Crippen LogP contribution is -1.87. The molecule has 1 heterocycles. The highest BCUT2D eigenvalue weighted by Crippen LogP contribution is 2.24. The second-order valence-electron chi connectivity index (χ2n) is 2.69. The number of hydrogen-bond acceptors (Lipinski definition) is 1. The minimum atomic E-state index is 0.817. The Labute approximate surface area is 71.0 Å². The Morgan fingerprint density at radius 2 is 1.92 bits per heavy atom. The summed E-state index contributed by atoms with van der Waals surface area (Å²) in [5.41, 5.74) is 8.83. The third-order valence-electron chi connectivity index (χ3n) is 1.87. The van der Waals surface area contributed by atoms with E-state index in [1.807, 2.05) is 42.7 Å². The fraction of sp³-hybridized carbons (Fsp3) is 0. The minimum absolute atomic E-state index is 0.817. The largest absolute Gasteiger partial charge is 0.398 e. The zero-order valence-electron chi connectivity index (χ0n) is 6.62. The van der Waals surface area contributed by atoms with Gasteiger partial charge in [-0.2, -0.15) is 0 Å². The van der Waals surface area contributed by atoms with E-state index in [0.717, 1.165) is 16.8 Å². The second-order valence-corrected chi connectivity index (χ2v) is 2.69. The van der Waals surface area contributed by atoms with Crippen LogP contribution in [0.25, 0.3) is 11.1 Å². The van der Waals surface area contributed by atoms with Crippen LogP contribution in [-0.2, 0) is 0 Å². The number of rotatable bonds is 1. The third-order valence-corrected chi connectivity index (χ3v) is 1.87. The Hall–Kier alpha value is -1.70. The van der Waals surface area contributed by atoms with E-state index in [4.69, 9.17) is 5.73 Å². The van der Waals surface area contributed by atoms with Crippen molar-refractivity contribution in [1.29, 1.82) is 0 Å². The summed E-state index contributed by atoms with van der Waals surface area (Å²) in [5.74, 6) is 0. The van der Waals surface area contributed by atoms with Crippen molar-refractivity contribution in [2.45, 2.75) is 0 Å². The zero-order chi connectivity index (χ0) is 8.39. The van der Waals surface area contributed by atoms with Crippen molar-refractivity contribution in [3.05, 3.63) is 42.7 Å². The lowest BCUT2D eigenvalue weighted by Gasteiger charge is -2.00. The van der Waals surface area contributed by atoms with Gasteiger partial charge < -0.3 is 10.7 Å². The number of nitrogen functional groups attached to an aromatic ring is 1. The molecule has 1 aromatic heterocycles. The second kappa shape index (κ2) is 2.74. The Morgan fingerprint density at radius 1 is 1.08 bits per heavy atom. The van der Waals surface area contributed by atoms with Gasteiger partial charge in [-0.05, 0) is 12.1 Å². The molecular weight excluding hydrogens is 148 g/mol. The van der Waals surface area contributed by atoms with Gasteiger partial charge in [-0.1, -0.05) is 18.2 Å². The maximum atomic E-state index is 5.80. The van der Waals surface area contributed by atoms with Gasteiger partial charge in [0, 0.05) is 29.2 Å². The third kappa shape index (κ3) is 1.07. The lowest BCUT2D eigenvalue weighted by atomic mass is 10.1. The van der Waals surface area contributed by atoms with Crippen molar-refractivity contribution < 1.29 is 0 Å². The first kappa shape index (κ1) is 6.98. The molecule has 0 radical (unpaired) electrons. The molecule has 0 aliphatic rings. The first-order chi connectivity index (χ1) is 5.88. The summed E-state index contributed by atoms with van der Waals surface area (Å²) in [7, 11) is 0. The first-order valence-electron chi connectivity index (χ1n) is 3.85. The monoisotopic (exact) mass is 158 g/mol. The minimum Gasteiger partial charge on any atom is -0.398 e. The summed E-state index contributed by atoms with van der Waals surface area (Å²) in [6, 6.07) is 9.84. The number of H-pyrrole nitrogens is 1. The van der Waals surface area contributed by atoms with Gasteiger partial charge in [-0.25, -0.2) is 0 Å². The molecule has 0 amide bonds. The molecule has 0 spiro atoms. The Kier molecular flexibility index (Phi) is 1.59. The molecular formula is C10H10N2. The number of hydrogen-bond donors (Lipinski definition) is 2. The number of benzene rings is 1. The van der Waals surface area contributed by atoms with E-state index in [2.05, 4.69) is 4.98 Å². The van der Waals surface area contributed by atoms with Crippen molar-refractivity contribution in [1.82, 2.24) is 4.98 Å². The zero-order valence-corrected chi connectivity index (χ0v) is 6.62. The maximum Gasteiger partial charge on any atom is 0.0394 e. The van der Waals surface area contributed by atoms with Gasteiger partial charge in [0.05, 0.1) is 0 Å². The van der Waals surface area contributed by atoms with Crippen LogP contribution in [0.4, 0.5) is 5.69 Å². The van der Waals surface area contributed by atoms with Gasteiger partial charge in [0.15, 0.2) is 0 Å². The molecule has 3 N–H and O–H groups in total. The van der Waals surface area contributed by atoms with E-state index in [1.165, 1.54) is 0 Å². The Morgan fingerprint density at radius 3 is 2.58 bits per heavy atom. The van der Waals surface area contributed by atoms with Crippen LogP contribution in [0.5, 0.6) is 0 Å². The summed E-state index contributed by atoms with van der Waals surface area (Å²) < 4.78 is 0. The van der Waals surface area contributed by atoms with Crippen LogP contribution in [0.15, 0.2) is 42.7 Å². The van der Waals surface area contributed by atoms with Crippen molar-refractivity contribution in [3.8, 4) is 11.1 Å². The van der Waals surface area contributed by atoms with Crippen molar-refractivity contribution in [2.24, 2.45) is 0 Å². The highest BCUT2D eigenvalue weighted by atomic mass is 14.6. The molecule has 0 fully saturated rings. The molecule has 0 aliphatic heterocycles. The van der Waals surface area contributed by atoms with Crippen LogP contribution in [0.3, 0.4) is 0 Å². The molecule has 0 unspecified atom stereocenters. The molecule has 12 heavy (non-hydrogen) atoms. The Balaban J connectivity index is 2.55. The molecule has 2 nitrogen and oxygen atoms in total. The highest BCUT2D eigenvalue weighted by molar-refractivity contribution is 5.75. The Bertz CT molecular complexity index is 363. The quantitative estimate of drug-likeness (QED) is 0.614. The van der Waals surface area contributed by atoms with Gasteiger partial charge in [0.25, 0.3) is 0 Å². The highest BCUT2D eigenvalue weighted by Gasteiger charge is 1.99. The van der Waals surface area contributed by atoms with Crippen LogP contribution < -0.4 is 5.73 Å². The van der Waals surface area contributed by atoms with Crippen LogP contribution >= 0.6 is 0 Å². The van der Waals surface area contributed by atoms with Crippen LogP contribution in [-0.4, -0.2) is 4.98 Å². The molecule has 0 saturated heterocycles. The molecule has 2 rings (SSSR count). The van der Waals surface area contributed by atoms with E-state index < -0.39 is 0 Å². The molecule has 60 valence electrons. The number of anilines is 1. The van der Waals surface area contributed by atoms with E-state index in [0.29, 0.717) is 0 Å². The average molecular weight is 158 g/mol. The number of aromatic amines is 1. The number of nitrogens with two attached hydrogens (primary N) is 1. The van der Waals surface area contributed by atoms with E-state index >= 15 is 0 Å². The standard InChI is InChI=1S/C10H10N2/c11-10-4-2-1-3-9(10)8-5-6-12-7-8/h1-7,12H,11H2. The van der Waals surface area contributed by atoms with E-state index in [1.54, 1.807) is 0 Å². The summed E-state index contributed by atoms with van der Waals surface area (Å²) in [5, 5.41) is 0. The van der Waals surface area contributed by atoms with Gasteiger partial charge in [0.2, 0.25) is 0 Å². The molecule has 2 aromatic rings.